The van der Waals surface area contributed by atoms with Crippen LogP contribution >= 0.6 is 0 Å². The molecule has 4 aliphatic carbocycles. The van der Waals surface area contributed by atoms with Crippen molar-refractivity contribution in [1.29, 1.82) is 0 Å². The lowest BCUT2D eigenvalue weighted by atomic mass is 9.57. The van der Waals surface area contributed by atoms with E-state index in [1.54, 1.807) is 44.9 Å². The molecule has 0 N–H and O–H groups in total. The van der Waals surface area contributed by atoms with Gasteiger partial charge in [0.25, 0.3) is 0 Å². The van der Waals surface area contributed by atoms with Crippen molar-refractivity contribution in [2.24, 2.45) is 40.9 Å². The lowest BCUT2D eigenvalue weighted by Gasteiger charge is -2.48. The second-order valence-electron chi connectivity index (χ2n) is 10.0. The summed E-state index contributed by atoms with van der Waals surface area (Å²) in [5, 5.41) is 0. The zero-order valence-electron chi connectivity index (χ0n) is 15.2. The molecule has 5 atom stereocenters. The van der Waals surface area contributed by atoms with Crippen LogP contribution in [0.25, 0.3) is 0 Å². The first-order valence-electron chi connectivity index (χ1n) is 10.7. The maximum absolute atomic E-state index is 2.65. The van der Waals surface area contributed by atoms with Crippen LogP contribution in [0.3, 0.4) is 0 Å². The highest BCUT2D eigenvalue weighted by molar-refractivity contribution is 4.99. The maximum atomic E-state index is 2.65. The van der Waals surface area contributed by atoms with Gasteiger partial charge in [0.05, 0.1) is 0 Å². The normalized spacial score (nSPS) is 43.6. The largest absolute Gasteiger partial charge is 0.0594 e. The fourth-order valence-corrected chi connectivity index (χ4v) is 7.42. The first-order chi connectivity index (χ1) is 10.7. The van der Waals surface area contributed by atoms with Crippen LogP contribution in [0.5, 0.6) is 0 Å². The summed E-state index contributed by atoms with van der Waals surface area (Å²) in [7, 11) is 0. The van der Waals surface area contributed by atoms with Gasteiger partial charge >= 0.3 is 0 Å². The van der Waals surface area contributed by atoms with Crippen LogP contribution in [0, 0.1) is 40.9 Å². The Morgan fingerprint density at radius 2 is 1.23 bits per heavy atom. The number of hydrogen-bond acceptors (Lipinski definition) is 0. The van der Waals surface area contributed by atoms with E-state index in [4.69, 9.17) is 0 Å². The standard InChI is InChI=1S/C22H38/c1-22(2,18-9-4-3-5-10-18)19-13-12-17-14-16-8-6-7-11-20(16)21(17)15-19/h16-21H,3-15H2,1-2H3. The Balaban J connectivity index is 1.45. The van der Waals surface area contributed by atoms with Gasteiger partial charge in [-0.25, -0.2) is 0 Å². The molecule has 0 aromatic rings. The molecule has 4 fully saturated rings. The molecular formula is C22H38. The van der Waals surface area contributed by atoms with Gasteiger partial charge in [-0.15, -0.1) is 0 Å². The smallest absolute Gasteiger partial charge is 0.0297 e. The Labute approximate surface area is 138 Å². The van der Waals surface area contributed by atoms with Crippen LogP contribution in [-0.2, 0) is 0 Å². The molecule has 0 aliphatic heterocycles. The van der Waals surface area contributed by atoms with E-state index in [1.165, 1.54) is 38.5 Å². The van der Waals surface area contributed by atoms with Crippen molar-refractivity contribution in [2.75, 3.05) is 0 Å². The molecule has 0 bridgehead atoms. The number of rotatable bonds is 2. The highest BCUT2D eigenvalue weighted by Crippen LogP contribution is 2.58. The SMILES string of the molecule is CC(C)(C1CCCCC1)C1CCC2CC3CCCCC3C2C1. The predicted molar refractivity (Wildman–Crippen MR) is 94.7 cm³/mol. The van der Waals surface area contributed by atoms with Gasteiger partial charge in [-0.3, -0.25) is 0 Å². The monoisotopic (exact) mass is 302 g/mol. The summed E-state index contributed by atoms with van der Waals surface area (Å²) in [6.45, 7) is 5.31. The summed E-state index contributed by atoms with van der Waals surface area (Å²) in [5.41, 5.74) is 0.623. The van der Waals surface area contributed by atoms with Crippen molar-refractivity contribution in [2.45, 2.75) is 97.3 Å². The molecule has 4 rings (SSSR count). The third kappa shape index (κ3) is 2.67. The van der Waals surface area contributed by atoms with E-state index >= 15 is 0 Å². The first-order valence-corrected chi connectivity index (χ1v) is 10.7. The minimum atomic E-state index is 0.623. The fraction of sp³-hybridized carbons (Fsp3) is 1.00. The van der Waals surface area contributed by atoms with Gasteiger partial charge < -0.3 is 0 Å². The van der Waals surface area contributed by atoms with Crippen LogP contribution in [0.15, 0.2) is 0 Å². The summed E-state index contributed by atoms with van der Waals surface area (Å²) in [4.78, 5) is 0. The molecule has 4 aliphatic rings. The van der Waals surface area contributed by atoms with Gasteiger partial charge in [0.1, 0.15) is 0 Å². The quantitative estimate of drug-likeness (QED) is 0.524. The van der Waals surface area contributed by atoms with Crippen molar-refractivity contribution >= 4 is 0 Å². The maximum Gasteiger partial charge on any atom is -0.0297 e. The lowest BCUT2D eigenvalue weighted by molar-refractivity contribution is 0.0204. The second kappa shape index (κ2) is 6.14. The van der Waals surface area contributed by atoms with Crippen LogP contribution in [0.1, 0.15) is 97.3 Å². The molecule has 0 aromatic heterocycles. The Hall–Kier alpha value is 0. The summed E-state index contributed by atoms with van der Waals surface area (Å²) in [5.74, 6) is 6.62. The molecule has 0 nitrogen and oxygen atoms in total. The van der Waals surface area contributed by atoms with Gasteiger partial charge in [-0.1, -0.05) is 52.4 Å². The zero-order valence-corrected chi connectivity index (χ0v) is 15.2. The Kier molecular flexibility index (Phi) is 4.33. The third-order valence-electron chi connectivity index (χ3n) is 8.88. The van der Waals surface area contributed by atoms with E-state index in [2.05, 4.69) is 13.8 Å². The average molecular weight is 303 g/mol. The summed E-state index contributed by atoms with van der Waals surface area (Å²) < 4.78 is 0. The highest BCUT2D eigenvalue weighted by atomic mass is 14.5. The summed E-state index contributed by atoms with van der Waals surface area (Å²) in [6.07, 6.45) is 20.2. The van der Waals surface area contributed by atoms with Crippen LogP contribution in [0.2, 0.25) is 0 Å². The molecule has 0 radical (unpaired) electrons. The third-order valence-corrected chi connectivity index (χ3v) is 8.88. The second-order valence-corrected chi connectivity index (χ2v) is 10.0. The van der Waals surface area contributed by atoms with Crippen molar-refractivity contribution in [3.05, 3.63) is 0 Å². The van der Waals surface area contributed by atoms with Crippen LogP contribution in [0.4, 0.5) is 0 Å². The van der Waals surface area contributed by atoms with Gasteiger partial charge in [0.2, 0.25) is 0 Å². The van der Waals surface area contributed by atoms with E-state index in [9.17, 15) is 0 Å². The predicted octanol–water partition coefficient (Wildman–Crippen LogP) is 6.84. The number of fused-ring (bicyclic) bond motifs is 3. The Morgan fingerprint density at radius 3 is 2.05 bits per heavy atom. The zero-order chi connectivity index (χ0) is 15.2. The molecule has 4 saturated carbocycles. The molecule has 0 heterocycles. The van der Waals surface area contributed by atoms with E-state index in [-0.39, 0.29) is 0 Å². The van der Waals surface area contributed by atoms with Crippen molar-refractivity contribution in [3.8, 4) is 0 Å². The van der Waals surface area contributed by atoms with Crippen molar-refractivity contribution in [3.63, 3.8) is 0 Å². The van der Waals surface area contributed by atoms with Crippen molar-refractivity contribution in [1.82, 2.24) is 0 Å². The molecule has 0 saturated heterocycles. The Morgan fingerprint density at radius 1 is 0.545 bits per heavy atom. The van der Waals surface area contributed by atoms with Crippen molar-refractivity contribution < 1.29 is 0 Å². The molecule has 0 spiro atoms. The van der Waals surface area contributed by atoms with Gasteiger partial charge in [0, 0.05) is 0 Å². The molecule has 5 unspecified atom stereocenters. The first kappa shape index (κ1) is 15.5. The lowest BCUT2D eigenvalue weighted by Crippen LogP contribution is -2.39. The average Bonchev–Trinajstić information content (AvgIpc) is 2.93. The Bertz CT molecular complexity index is 375. The number of hydrogen-bond donors (Lipinski definition) is 0. The highest BCUT2D eigenvalue weighted by Gasteiger charge is 2.49. The molecule has 0 aromatic carbocycles. The molecule has 0 amide bonds. The molecule has 22 heavy (non-hydrogen) atoms. The topological polar surface area (TPSA) is 0 Å². The molecule has 126 valence electrons. The molecular weight excluding hydrogens is 264 g/mol. The minimum Gasteiger partial charge on any atom is -0.0594 e. The minimum absolute atomic E-state index is 0.623. The molecule has 0 heteroatoms. The van der Waals surface area contributed by atoms with Crippen LogP contribution < -0.4 is 0 Å². The summed E-state index contributed by atoms with van der Waals surface area (Å²) in [6, 6.07) is 0. The van der Waals surface area contributed by atoms with E-state index < -0.39 is 0 Å². The van der Waals surface area contributed by atoms with Crippen LogP contribution in [-0.4, -0.2) is 0 Å². The van der Waals surface area contributed by atoms with Gasteiger partial charge in [0.15, 0.2) is 0 Å². The van der Waals surface area contributed by atoms with E-state index in [1.807, 2.05) is 0 Å². The summed E-state index contributed by atoms with van der Waals surface area (Å²) >= 11 is 0. The van der Waals surface area contributed by atoms with Gasteiger partial charge in [-0.2, -0.15) is 0 Å². The van der Waals surface area contributed by atoms with E-state index in [0.29, 0.717) is 5.41 Å². The van der Waals surface area contributed by atoms with Gasteiger partial charge in [-0.05, 0) is 85.9 Å². The fourth-order valence-electron chi connectivity index (χ4n) is 7.42. The van der Waals surface area contributed by atoms with E-state index in [0.717, 1.165) is 35.5 Å².